The number of nitrogens with zero attached hydrogens (tertiary/aromatic N) is 1. The third-order valence-corrected chi connectivity index (χ3v) is 4.93. The first kappa shape index (κ1) is 14.3. The van der Waals surface area contributed by atoms with Crippen LogP contribution >= 0.6 is 0 Å². The Morgan fingerprint density at radius 1 is 1.32 bits per heavy atom. The molecule has 5 heteroatoms. The number of piperidine rings is 1. The van der Waals surface area contributed by atoms with Gasteiger partial charge in [-0.3, -0.25) is 9.59 Å². The van der Waals surface area contributed by atoms with Gasteiger partial charge in [0.15, 0.2) is 0 Å². The van der Waals surface area contributed by atoms with E-state index in [0.717, 1.165) is 19.4 Å². The van der Waals surface area contributed by atoms with Crippen molar-refractivity contribution in [3.8, 4) is 0 Å². The monoisotopic (exact) mass is 268 g/mol. The number of carbonyl (C=O) groups is 2. The van der Waals surface area contributed by atoms with Crippen LogP contribution in [0.5, 0.6) is 0 Å². The van der Waals surface area contributed by atoms with Crippen LogP contribution in [0.2, 0.25) is 0 Å². The second kappa shape index (κ2) is 4.78. The highest BCUT2D eigenvalue weighted by Gasteiger charge is 2.66. The van der Waals surface area contributed by atoms with Crippen molar-refractivity contribution >= 4 is 11.9 Å². The normalized spacial score (nSPS) is 37.7. The fourth-order valence-corrected chi connectivity index (χ4v) is 3.30. The molecule has 1 saturated carbocycles. The first-order chi connectivity index (χ1) is 8.75. The maximum atomic E-state index is 12.2. The third-order valence-electron chi connectivity index (χ3n) is 4.93. The SMILES string of the molecule is CC1CC(NC(=O)[C@H]2[C@@H](C(=O)O)C2(C)C)CCN1C. The predicted molar refractivity (Wildman–Crippen MR) is 71.7 cm³/mol. The maximum absolute atomic E-state index is 12.2. The van der Waals surface area contributed by atoms with Gasteiger partial charge in [0.25, 0.3) is 0 Å². The third kappa shape index (κ3) is 2.61. The van der Waals surface area contributed by atoms with Crippen LogP contribution in [-0.4, -0.2) is 47.6 Å². The number of carboxylic acid groups (broad SMARTS) is 1. The van der Waals surface area contributed by atoms with E-state index in [1.54, 1.807) is 0 Å². The first-order valence-corrected chi connectivity index (χ1v) is 6.98. The van der Waals surface area contributed by atoms with Crippen LogP contribution < -0.4 is 5.32 Å². The van der Waals surface area contributed by atoms with Gasteiger partial charge in [0.1, 0.15) is 0 Å². The fraction of sp³-hybridized carbons (Fsp3) is 0.857. The molecular weight excluding hydrogens is 244 g/mol. The number of carbonyl (C=O) groups excluding carboxylic acids is 1. The molecule has 1 heterocycles. The van der Waals surface area contributed by atoms with E-state index in [2.05, 4.69) is 24.2 Å². The minimum atomic E-state index is -0.859. The van der Waals surface area contributed by atoms with Crippen molar-refractivity contribution in [3.63, 3.8) is 0 Å². The zero-order valence-corrected chi connectivity index (χ0v) is 12.1. The molecule has 1 amide bonds. The number of carboxylic acids is 1. The van der Waals surface area contributed by atoms with Crippen LogP contribution in [0.4, 0.5) is 0 Å². The highest BCUT2D eigenvalue weighted by atomic mass is 16.4. The first-order valence-electron chi connectivity index (χ1n) is 6.98. The molecule has 4 atom stereocenters. The Bertz CT molecular complexity index is 394. The van der Waals surface area contributed by atoms with Gasteiger partial charge in [-0.1, -0.05) is 13.8 Å². The topological polar surface area (TPSA) is 69.6 Å². The van der Waals surface area contributed by atoms with Crippen LogP contribution in [0.25, 0.3) is 0 Å². The maximum Gasteiger partial charge on any atom is 0.307 e. The molecule has 0 aromatic carbocycles. The molecule has 0 aromatic heterocycles. The molecule has 2 aliphatic rings. The van der Waals surface area contributed by atoms with Crippen molar-refractivity contribution < 1.29 is 14.7 Å². The molecule has 108 valence electrons. The Kier molecular flexibility index (Phi) is 3.60. The van der Waals surface area contributed by atoms with E-state index in [1.807, 2.05) is 13.8 Å². The quantitative estimate of drug-likeness (QED) is 0.799. The summed E-state index contributed by atoms with van der Waals surface area (Å²) in [4.78, 5) is 25.6. The van der Waals surface area contributed by atoms with Crippen molar-refractivity contribution in [1.29, 1.82) is 0 Å². The van der Waals surface area contributed by atoms with Crippen molar-refractivity contribution in [2.45, 2.75) is 45.7 Å². The van der Waals surface area contributed by atoms with Crippen LogP contribution in [0.15, 0.2) is 0 Å². The van der Waals surface area contributed by atoms with Crippen molar-refractivity contribution in [2.75, 3.05) is 13.6 Å². The zero-order valence-electron chi connectivity index (χ0n) is 12.1. The number of rotatable bonds is 3. The molecule has 1 aliphatic heterocycles. The average Bonchev–Trinajstić information content (AvgIpc) is 2.87. The van der Waals surface area contributed by atoms with Crippen LogP contribution in [0.1, 0.15) is 33.6 Å². The molecule has 2 unspecified atom stereocenters. The Hall–Kier alpha value is -1.10. The van der Waals surface area contributed by atoms with Crippen molar-refractivity contribution in [3.05, 3.63) is 0 Å². The van der Waals surface area contributed by atoms with E-state index in [1.165, 1.54) is 0 Å². The molecule has 1 saturated heterocycles. The Morgan fingerprint density at radius 2 is 1.95 bits per heavy atom. The van der Waals surface area contributed by atoms with Gasteiger partial charge < -0.3 is 15.3 Å². The van der Waals surface area contributed by atoms with Crippen LogP contribution in [0, 0.1) is 17.3 Å². The molecule has 2 N–H and O–H groups in total. The van der Waals surface area contributed by atoms with E-state index in [9.17, 15) is 9.59 Å². The average molecular weight is 268 g/mol. The molecule has 19 heavy (non-hydrogen) atoms. The van der Waals surface area contributed by atoms with E-state index in [-0.39, 0.29) is 17.9 Å². The molecule has 0 aromatic rings. The zero-order chi connectivity index (χ0) is 14.4. The minimum absolute atomic E-state index is 0.0841. The van der Waals surface area contributed by atoms with Crippen molar-refractivity contribution in [2.24, 2.45) is 17.3 Å². The second-order valence-electron chi connectivity index (χ2n) is 6.67. The van der Waals surface area contributed by atoms with Gasteiger partial charge in [-0.05, 0) is 32.2 Å². The largest absolute Gasteiger partial charge is 0.481 e. The second-order valence-corrected chi connectivity index (χ2v) is 6.67. The lowest BCUT2D eigenvalue weighted by Gasteiger charge is -2.35. The van der Waals surface area contributed by atoms with Crippen LogP contribution in [-0.2, 0) is 9.59 Å². The van der Waals surface area contributed by atoms with E-state index in [4.69, 9.17) is 5.11 Å². The number of nitrogens with one attached hydrogen (secondary N) is 1. The fourth-order valence-electron chi connectivity index (χ4n) is 3.30. The highest BCUT2D eigenvalue weighted by Crippen LogP contribution is 2.58. The van der Waals surface area contributed by atoms with Gasteiger partial charge in [-0.15, -0.1) is 0 Å². The Morgan fingerprint density at radius 3 is 2.42 bits per heavy atom. The summed E-state index contributed by atoms with van der Waals surface area (Å²) in [6.45, 7) is 6.84. The van der Waals surface area contributed by atoms with Gasteiger partial charge in [-0.25, -0.2) is 0 Å². The van der Waals surface area contributed by atoms with Gasteiger partial charge >= 0.3 is 5.97 Å². The molecule has 0 bridgehead atoms. The summed E-state index contributed by atoms with van der Waals surface area (Å²) in [6.07, 6.45) is 1.88. The number of hydrogen-bond acceptors (Lipinski definition) is 3. The lowest BCUT2D eigenvalue weighted by molar-refractivity contribution is -0.140. The predicted octanol–water partition coefficient (Wildman–Crippen LogP) is 0.942. The van der Waals surface area contributed by atoms with E-state index >= 15 is 0 Å². The van der Waals surface area contributed by atoms with Crippen LogP contribution in [0.3, 0.4) is 0 Å². The highest BCUT2D eigenvalue weighted by molar-refractivity contribution is 5.91. The Balaban J connectivity index is 1.91. The summed E-state index contributed by atoms with van der Waals surface area (Å²) < 4.78 is 0. The van der Waals surface area contributed by atoms with Gasteiger partial charge in [0, 0.05) is 18.6 Å². The lowest BCUT2D eigenvalue weighted by Crippen LogP contribution is -2.48. The molecule has 0 radical (unpaired) electrons. The van der Waals surface area contributed by atoms with Gasteiger partial charge in [0.2, 0.25) is 5.91 Å². The number of aliphatic carboxylic acids is 1. The number of likely N-dealkylation sites (tertiary alicyclic amines) is 1. The summed E-state index contributed by atoms with van der Waals surface area (Å²) in [6, 6.07) is 0.645. The summed E-state index contributed by atoms with van der Waals surface area (Å²) in [5.41, 5.74) is -0.410. The summed E-state index contributed by atoms with van der Waals surface area (Å²) in [7, 11) is 2.09. The molecule has 2 rings (SSSR count). The Labute approximate surface area is 114 Å². The number of hydrogen-bond donors (Lipinski definition) is 2. The molecular formula is C14H24N2O3. The van der Waals surface area contributed by atoms with E-state index in [0.29, 0.717) is 6.04 Å². The number of amides is 1. The minimum Gasteiger partial charge on any atom is -0.481 e. The lowest BCUT2D eigenvalue weighted by atomic mass is 9.98. The molecule has 2 fully saturated rings. The summed E-state index contributed by atoms with van der Waals surface area (Å²) in [5.74, 6) is -1.85. The summed E-state index contributed by atoms with van der Waals surface area (Å²) in [5, 5.41) is 12.1. The molecule has 0 spiro atoms. The summed E-state index contributed by atoms with van der Waals surface area (Å²) >= 11 is 0. The molecule has 5 nitrogen and oxygen atoms in total. The van der Waals surface area contributed by atoms with E-state index < -0.39 is 17.3 Å². The standard InChI is InChI=1S/C14H24N2O3/c1-8-7-9(5-6-16(8)4)15-12(17)10-11(13(18)19)14(10,2)3/h8-11H,5-7H2,1-4H3,(H,15,17)(H,18,19)/t8?,9?,10-,11+/m1/s1. The smallest absolute Gasteiger partial charge is 0.307 e. The molecule has 1 aliphatic carbocycles. The van der Waals surface area contributed by atoms with Crippen molar-refractivity contribution in [1.82, 2.24) is 10.2 Å². The van der Waals surface area contributed by atoms with Gasteiger partial charge in [0.05, 0.1) is 11.8 Å². The van der Waals surface area contributed by atoms with Gasteiger partial charge in [-0.2, -0.15) is 0 Å².